The number of phenols is 1. The highest BCUT2D eigenvalue weighted by Gasteiger charge is 2.12. The molecule has 26 heavy (non-hydrogen) atoms. The summed E-state index contributed by atoms with van der Waals surface area (Å²) in [5, 5.41) is 9.75. The molecule has 0 radical (unpaired) electrons. The number of hydrogen-bond acceptors (Lipinski definition) is 1. The summed E-state index contributed by atoms with van der Waals surface area (Å²) in [4.78, 5) is 0. The van der Waals surface area contributed by atoms with Crippen molar-refractivity contribution in [1.82, 2.24) is 0 Å². The second-order valence-electron chi connectivity index (χ2n) is 6.39. The monoisotopic (exact) mass is 338 g/mol. The van der Waals surface area contributed by atoms with Crippen molar-refractivity contribution in [3.63, 3.8) is 0 Å². The van der Waals surface area contributed by atoms with Crippen LogP contribution < -0.4 is 4.57 Å². The van der Waals surface area contributed by atoms with Crippen molar-refractivity contribution in [1.29, 1.82) is 0 Å². The molecule has 0 saturated carbocycles. The maximum atomic E-state index is 9.75. The lowest BCUT2D eigenvalue weighted by atomic mass is 10.0. The van der Waals surface area contributed by atoms with Crippen LogP contribution in [0, 0.1) is 0 Å². The molecule has 0 unspecified atom stereocenters. The van der Waals surface area contributed by atoms with Crippen LogP contribution in [0.5, 0.6) is 5.75 Å². The summed E-state index contributed by atoms with van der Waals surface area (Å²) in [6.07, 6.45) is 4.32. The number of aromatic nitrogens is 1. The molecule has 0 bridgehead atoms. The maximum Gasteiger partial charge on any atom is 0.177 e. The molecule has 2 heteroatoms. The highest BCUT2D eigenvalue weighted by molar-refractivity contribution is 5.70. The molecule has 0 atom stereocenters. The Hall–Kier alpha value is -3.39. The van der Waals surface area contributed by atoms with E-state index in [0.29, 0.717) is 12.3 Å². The molecule has 0 aliphatic heterocycles. The van der Waals surface area contributed by atoms with Crippen molar-refractivity contribution < 1.29 is 9.67 Å². The smallest absolute Gasteiger partial charge is 0.177 e. The molecule has 1 aromatic heterocycles. The summed E-state index contributed by atoms with van der Waals surface area (Å²) in [6, 6.07) is 30.5. The van der Waals surface area contributed by atoms with Crippen LogP contribution in [0.3, 0.4) is 0 Å². The molecule has 0 amide bonds. The Kier molecular flexibility index (Phi) is 4.48. The fraction of sp³-hybridized carbons (Fsp3) is 0.0417. The SMILES string of the molecule is Oc1cccc(C[n+]2cc(-c3ccccc3)cc(-c3ccccc3)c2)c1. The molecule has 3 aromatic carbocycles. The summed E-state index contributed by atoms with van der Waals surface area (Å²) in [7, 11) is 0. The Bertz CT molecular complexity index is 953. The summed E-state index contributed by atoms with van der Waals surface area (Å²) < 4.78 is 2.18. The first-order chi connectivity index (χ1) is 12.8. The third-order valence-electron chi connectivity index (χ3n) is 4.41. The number of phenolic OH excluding ortho intramolecular Hbond substituents is 1. The maximum absolute atomic E-state index is 9.75. The van der Waals surface area contributed by atoms with E-state index in [-0.39, 0.29) is 0 Å². The van der Waals surface area contributed by atoms with Gasteiger partial charge in [0.15, 0.2) is 18.9 Å². The van der Waals surface area contributed by atoms with E-state index in [1.807, 2.05) is 30.3 Å². The quantitative estimate of drug-likeness (QED) is 0.517. The van der Waals surface area contributed by atoms with Gasteiger partial charge in [0, 0.05) is 16.7 Å². The van der Waals surface area contributed by atoms with Gasteiger partial charge in [-0.25, -0.2) is 0 Å². The van der Waals surface area contributed by atoms with Crippen molar-refractivity contribution in [3.8, 4) is 28.0 Å². The molecule has 4 rings (SSSR count). The Balaban J connectivity index is 1.80. The predicted octanol–water partition coefficient (Wildman–Crippen LogP) is 5.06. The van der Waals surface area contributed by atoms with Crippen molar-refractivity contribution in [2.45, 2.75) is 6.54 Å². The molecule has 126 valence electrons. The molecule has 0 fully saturated rings. The van der Waals surface area contributed by atoms with Gasteiger partial charge in [0.1, 0.15) is 5.75 Å². The van der Waals surface area contributed by atoms with Crippen LogP contribution in [0.4, 0.5) is 0 Å². The minimum atomic E-state index is 0.297. The molecule has 2 nitrogen and oxygen atoms in total. The molecule has 0 aliphatic rings. The van der Waals surface area contributed by atoms with Crippen LogP contribution in [0.25, 0.3) is 22.3 Å². The van der Waals surface area contributed by atoms with Gasteiger partial charge < -0.3 is 5.11 Å². The molecule has 0 aliphatic carbocycles. The molecule has 0 spiro atoms. The molecule has 0 saturated heterocycles. The summed E-state index contributed by atoms with van der Waals surface area (Å²) >= 11 is 0. The molecule has 4 aromatic rings. The van der Waals surface area contributed by atoms with Crippen LogP contribution in [0.15, 0.2) is 103 Å². The van der Waals surface area contributed by atoms with Gasteiger partial charge in [-0.15, -0.1) is 0 Å². The van der Waals surface area contributed by atoms with Gasteiger partial charge in [-0.2, -0.15) is 4.57 Å². The zero-order valence-corrected chi connectivity index (χ0v) is 14.4. The standard InChI is InChI=1S/C24H19NO/c26-24-13-7-8-19(14-24)16-25-17-22(20-9-3-1-4-10-20)15-23(18-25)21-11-5-2-6-12-21/h1-15,17-18H,16H2/p+1. The lowest BCUT2D eigenvalue weighted by Gasteiger charge is -2.07. The Morgan fingerprint density at radius 1 is 0.577 bits per heavy atom. The van der Waals surface area contributed by atoms with Crippen LogP contribution in [-0.4, -0.2) is 5.11 Å². The van der Waals surface area contributed by atoms with Crippen LogP contribution in [-0.2, 0) is 6.54 Å². The average Bonchev–Trinajstić information content (AvgIpc) is 2.69. The second-order valence-corrected chi connectivity index (χ2v) is 6.39. The Morgan fingerprint density at radius 3 is 1.69 bits per heavy atom. The zero-order chi connectivity index (χ0) is 17.8. The summed E-state index contributed by atoms with van der Waals surface area (Å²) in [6.45, 7) is 0.703. The van der Waals surface area contributed by atoms with E-state index < -0.39 is 0 Å². The number of rotatable bonds is 4. The average molecular weight is 338 g/mol. The van der Waals surface area contributed by atoms with Crippen molar-refractivity contribution in [2.75, 3.05) is 0 Å². The van der Waals surface area contributed by atoms with Gasteiger partial charge in [-0.3, -0.25) is 0 Å². The third-order valence-corrected chi connectivity index (χ3v) is 4.41. The van der Waals surface area contributed by atoms with Crippen LogP contribution in [0.2, 0.25) is 0 Å². The number of aromatic hydroxyl groups is 1. The van der Waals surface area contributed by atoms with E-state index in [1.54, 1.807) is 6.07 Å². The molecule has 1 N–H and O–H groups in total. The van der Waals surface area contributed by atoms with Gasteiger partial charge in [0.25, 0.3) is 0 Å². The van der Waals surface area contributed by atoms with E-state index in [9.17, 15) is 5.11 Å². The van der Waals surface area contributed by atoms with Gasteiger partial charge in [-0.1, -0.05) is 72.8 Å². The topological polar surface area (TPSA) is 24.1 Å². The Morgan fingerprint density at radius 2 is 1.15 bits per heavy atom. The van der Waals surface area contributed by atoms with Crippen molar-refractivity contribution in [2.24, 2.45) is 0 Å². The van der Waals surface area contributed by atoms with Crippen LogP contribution in [0.1, 0.15) is 5.56 Å². The van der Waals surface area contributed by atoms with E-state index in [0.717, 1.165) is 5.56 Å². The first kappa shape index (κ1) is 16.1. The van der Waals surface area contributed by atoms with E-state index in [1.165, 1.54) is 22.3 Å². The highest BCUT2D eigenvalue weighted by Crippen LogP contribution is 2.24. The summed E-state index contributed by atoms with van der Waals surface area (Å²) in [5.74, 6) is 0.297. The van der Waals surface area contributed by atoms with Crippen LogP contribution >= 0.6 is 0 Å². The minimum Gasteiger partial charge on any atom is -0.508 e. The number of pyridine rings is 1. The predicted molar refractivity (Wildman–Crippen MR) is 105 cm³/mol. The minimum absolute atomic E-state index is 0.297. The number of benzene rings is 3. The third kappa shape index (κ3) is 3.65. The first-order valence-corrected chi connectivity index (χ1v) is 8.71. The lowest BCUT2D eigenvalue weighted by molar-refractivity contribution is -0.687. The molecule has 1 heterocycles. The number of hydrogen-bond donors (Lipinski definition) is 1. The van der Waals surface area contributed by atoms with E-state index in [4.69, 9.17) is 0 Å². The fourth-order valence-corrected chi connectivity index (χ4v) is 3.17. The first-order valence-electron chi connectivity index (χ1n) is 8.71. The largest absolute Gasteiger partial charge is 0.508 e. The molecular weight excluding hydrogens is 318 g/mol. The van der Waals surface area contributed by atoms with Gasteiger partial charge in [0.05, 0.1) is 0 Å². The van der Waals surface area contributed by atoms with Crippen molar-refractivity contribution >= 4 is 0 Å². The fourth-order valence-electron chi connectivity index (χ4n) is 3.17. The van der Waals surface area contributed by atoms with Crippen molar-refractivity contribution in [3.05, 3.63) is 109 Å². The second kappa shape index (κ2) is 7.24. The Labute approximate surface area is 153 Å². The van der Waals surface area contributed by atoms with E-state index >= 15 is 0 Å². The summed E-state index contributed by atoms with van der Waals surface area (Å²) in [5.41, 5.74) is 5.79. The van der Waals surface area contributed by atoms with E-state index in [2.05, 4.69) is 71.6 Å². The van der Waals surface area contributed by atoms with Gasteiger partial charge in [0.2, 0.25) is 0 Å². The van der Waals surface area contributed by atoms with Gasteiger partial charge >= 0.3 is 0 Å². The van der Waals surface area contributed by atoms with Gasteiger partial charge in [-0.05, 0) is 29.3 Å². The normalized spacial score (nSPS) is 10.6. The number of nitrogens with zero attached hydrogens (tertiary/aromatic N) is 1. The highest BCUT2D eigenvalue weighted by atomic mass is 16.3. The lowest BCUT2D eigenvalue weighted by Crippen LogP contribution is -2.34. The zero-order valence-electron chi connectivity index (χ0n) is 14.4. The molecular formula is C24H20NO+.